The van der Waals surface area contributed by atoms with E-state index in [1.165, 1.54) is 6.08 Å². The summed E-state index contributed by atoms with van der Waals surface area (Å²) in [5.74, 6) is -1.91. The van der Waals surface area contributed by atoms with Gasteiger partial charge in [-0.1, -0.05) is 35.9 Å². The molecule has 4 heteroatoms. The zero-order valence-electron chi connectivity index (χ0n) is 11.7. The predicted octanol–water partition coefficient (Wildman–Crippen LogP) is 2.35. The largest absolute Gasteiger partial charge is 0.466 e. The fourth-order valence-corrected chi connectivity index (χ4v) is 1.59. The van der Waals surface area contributed by atoms with Crippen LogP contribution in [-0.2, 0) is 19.1 Å². The van der Waals surface area contributed by atoms with Crippen molar-refractivity contribution in [2.45, 2.75) is 20.3 Å². The van der Waals surface area contributed by atoms with Crippen LogP contribution in [0.5, 0.6) is 0 Å². The van der Waals surface area contributed by atoms with Crippen LogP contribution in [0.3, 0.4) is 0 Å². The Balaban J connectivity index is 2.65. The van der Waals surface area contributed by atoms with E-state index in [0.717, 1.165) is 11.1 Å². The van der Waals surface area contributed by atoms with E-state index in [1.54, 1.807) is 13.0 Å². The van der Waals surface area contributed by atoms with Crippen molar-refractivity contribution in [2.24, 2.45) is 5.92 Å². The van der Waals surface area contributed by atoms with Crippen molar-refractivity contribution in [1.82, 2.24) is 0 Å². The third-order valence-electron chi connectivity index (χ3n) is 2.74. The Morgan fingerprint density at radius 3 is 2.45 bits per heavy atom. The van der Waals surface area contributed by atoms with E-state index in [9.17, 15) is 14.4 Å². The number of aryl methyl sites for hydroxylation is 1. The number of aldehydes is 1. The summed E-state index contributed by atoms with van der Waals surface area (Å²) in [6.45, 7) is 3.88. The van der Waals surface area contributed by atoms with Crippen molar-refractivity contribution in [1.29, 1.82) is 0 Å². The van der Waals surface area contributed by atoms with Gasteiger partial charge in [0.25, 0.3) is 0 Å². The normalized spacial score (nSPS) is 12.1. The number of ether oxygens (including phenoxy) is 1. The van der Waals surface area contributed by atoms with Crippen LogP contribution in [-0.4, -0.2) is 24.6 Å². The molecule has 0 heterocycles. The maximum absolute atomic E-state index is 11.8. The molecule has 0 radical (unpaired) electrons. The van der Waals surface area contributed by atoms with Gasteiger partial charge in [-0.05, 0) is 25.5 Å². The van der Waals surface area contributed by atoms with Crippen molar-refractivity contribution < 1.29 is 19.1 Å². The lowest BCUT2D eigenvalue weighted by Gasteiger charge is -2.05. The molecule has 0 saturated heterocycles. The second-order valence-corrected chi connectivity index (χ2v) is 4.40. The summed E-state index contributed by atoms with van der Waals surface area (Å²) in [5, 5.41) is 0. The Hall–Kier alpha value is -2.23. The summed E-state index contributed by atoms with van der Waals surface area (Å²) in [5.41, 5.74) is 1.99. The monoisotopic (exact) mass is 274 g/mol. The van der Waals surface area contributed by atoms with Crippen LogP contribution in [0, 0.1) is 12.8 Å². The first-order chi connectivity index (χ1) is 9.56. The highest BCUT2D eigenvalue weighted by atomic mass is 16.5. The van der Waals surface area contributed by atoms with E-state index >= 15 is 0 Å². The quantitative estimate of drug-likeness (QED) is 0.331. The molecule has 1 rings (SSSR count). The minimum absolute atomic E-state index is 0.214. The molecule has 20 heavy (non-hydrogen) atoms. The van der Waals surface area contributed by atoms with Crippen LogP contribution in [0.25, 0.3) is 6.08 Å². The van der Waals surface area contributed by atoms with Gasteiger partial charge in [-0.25, -0.2) is 0 Å². The molecule has 0 spiro atoms. The Morgan fingerprint density at radius 1 is 1.25 bits per heavy atom. The molecule has 1 aromatic rings. The van der Waals surface area contributed by atoms with Gasteiger partial charge in [0.05, 0.1) is 18.9 Å². The molecule has 4 nitrogen and oxygen atoms in total. The minimum Gasteiger partial charge on any atom is -0.466 e. The van der Waals surface area contributed by atoms with Crippen molar-refractivity contribution in [2.75, 3.05) is 6.61 Å². The lowest BCUT2D eigenvalue weighted by molar-refractivity contribution is -0.146. The first-order valence-electron chi connectivity index (χ1n) is 6.46. The van der Waals surface area contributed by atoms with Crippen LogP contribution in [0.1, 0.15) is 24.5 Å². The van der Waals surface area contributed by atoms with Crippen molar-refractivity contribution >= 4 is 24.1 Å². The molecule has 0 fully saturated rings. The fourth-order valence-electron chi connectivity index (χ4n) is 1.59. The first-order valence-corrected chi connectivity index (χ1v) is 6.46. The highest BCUT2D eigenvalue weighted by Gasteiger charge is 2.19. The molecule has 1 unspecified atom stereocenters. The van der Waals surface area contributed by atoms with Gasteiger partial charge >= 0.3 is 5.97 Å². The summed E-state index contributed by atoms with van der Waals surface area (Å²) in [6, 6.07) is 7.61. The van der Waals surface area contributed by atoms with Crippen LogP contribution < -0.4 is 0 Å². The summed E-state index contributed by atoms with van der Waals surface area (Å²) < 4.78 is 4.73. The molecule has 0 aromatic heterocycles. The van der Waals surface area contributed by atoms with E-state index in [1.807, 2.05) is 31.2 Å². The Bertz CT molecular complexity index is 500. The molecule has 0 bridgehead atoms. The summed E-state index contributed by atoms with van der Waals surface area (Å²) in [4.78, 5) is 34.0. The fraction of sp³-hybridized carbons (Fsp3) is 0.312. The molecule has 0 aliphatic carbocycles. The predicted molar refractivity (Wildman–Crippen MR) is 76.0 cm³/mol. The van der Waals surface area contributed by atoms with Gasteiger partial charge in [0.2, 0.25) is 0 Å². The van der Waals surface area contributed by atoms with Crippen molar-refractivity contribution in [3.8, 4) is 0 Å². The smallest absolute Gasteiger partial charge is 0.306 e. The number of benzene rings is 1. The standard InChI is InChI=1S/C16H18O4/c1-3-20-16(19)10-14(11-17)15(18)9-8-13-6-4-12(2)5-7-13/h4-9,11,14H,3,10H2,1-2H3/b9-8+. The number of rotatable bonds is 7. The van der Waals surface area contributed by atoms with Gasteiger partial charge in [-0.15, -0.1) is 0 Å². The molecule has 1 atom stereocenters. The number of ketones is 1. The molecule has 0 aliphatic rings. The molecule has 1 aromatic carbocycles. The number of carbonyl (C=O) groups is 3. The zero-order chi connectivity index (χ0) is 15.0. The van der Waals surface area contributed by atoms with Crippen LogP contribution in [0.15, 0.2) is 30.3 Å². The number of hydrogen-bond acceptors (Lipinski definition) is 4. The SMILES string of the molecule is CCOC(=O)CC(C=O)C(=O)/C=C/c1ccc(C)cc1. The van der Waals surface area contributed by atoms with Gasteiger partial charge in [0.15, 0.2) is 5.78 Å². The third kappa shape index (κ3) is 5.18. The second-order valence-electron chi connectivity index (χ2n) is 4.40. The number of carbonyl (C=O) groups excluding carboxylic acids is 3. The number of allylic oxidation sites excluding steroid dienone is 1. The lowest BCUT2D eigenvalue weighted by Crippen LogP contribution is -2.19. The maximum atomic E-state index is 11.8. The highest BCUT2D eigenvalue weighted by molar-refractivity contribution is 6.04. The average Bonchev–Trinajstić information content (AvgIpc) is 2.44. The molecule has 0 amide bonds. The van der Waals surface area contributed by atoms with Crippen LogP contribution >= 0.6 is 0 Å². The van der Waals surface area contributed by atoms with E-state index < -0.39 is 17.7 Å². The number of hydrogen-bond donors (Lipinski definition) is 0. The van der Waals surface area contributed by atoms with Crippen molar-refractivity contribution in [3.63, 3.8) is 0 Å². The van der Waals surface area contributed by atoms with Crippen LogP contribution in [0.2, 0.25) is 0 Å². The van der Waals surface area contributed by atoms with Gasteiger partial charge in [0.1, 0.15) is 6.29 Å². The van der Waals surface area contributed by atoms with Gasteiger partial charge < -0.3 is 9.53 Å². The molecule has 106 valence electrons. The highest BCUT2D eigenvalue weighted by Crippen LogP contribution is 2.08. The molecule has 0 N–H and O–H groups in total. The Morgan fingerprint density at radius 2 is 1.90 bits per heavy atom. The molecular weight excluding hydrogens is 256 g/mol. The first kappa shape index (κ1) is 15.8. The second kappa shape index (κ2) is 8.04. The summed E-state index contributed by atoms with van der Waals surface area (Å²) in [7, 11) is 0. The molecule has 0 saturated carbocycles. The lowest BCUT2D eigenvalue weighted by atomic mass is 10.0. The number of esters is 1. The minimum atomic E-state index is -0.976. The van der Waals surface area contributed by atoms with E-state index in [0.29, 0.717) is 6.29 Å². The molecular formula is C16H18O4. The third-order valence-corrected chi connectivity index (χ3v) is 2.74. The van der Waals surface area contributed by atoms with E-state index in [-0.39, 0.29) is 13.0 Å². The molecule has 0 aliphatic heterocycles. The van der Waals surface area contributed by atoms with Gasteiger partial charge in [-0.2, -0.15) is 0 Å². The van der Waals surface area contributed by atoms with E-state index in [2.05, 4.69) is 0 Å². The van der Waals surface area contributed by atoms with Crippen molar-refractivity contribution in [3.05, 3.63) is 41.5 Å². The van der Waals surface area contributed by atoms with E-state index in [4.69, 9.17) is 4.74 Å². The maximum Gasteiger partial charge on any atom is 0.306 e. The topological polar surface area (TPSA) is 60.4 Å². The van der Waals surface area contributed by atoms with Gasteiger partial charge in [-0.3, -0.25) is 9.59 Å². The zero-order valence-corrected chi connectivity index (χ0v) is 11.7. The Kier molecular flexibility index (Phi) is 6.37. The summed E-state index contributed by atoms with van der Waals surface area (Å²) >= 11 is 0. The Labute approximate surface area is 118 Å². The average molecular weight is 274 g/mol. The van der Waals surface area contributed by atoms with Gasteiger partial charge in [0, 0.05) is 0 Å². The summed E-state index contributed by atoms with van der Waals surface area (Å²) in [6.07, 6.45) is 3.22. The van der Waals surface area contributed by atoms with Crippen LogP contribution in [0.4, 0.5) is 0 Å².